The Morgan fingerprint density at radius 2 is 1.94 bits per heavy atom. The molecule has 0 unspecified atom stereocenters. The third-order valence-corrected chi connectivity index (χ3v) is 6.93. The van der Waals surface area contributed by atoms with Gasteiger partial charge in [0.05, 0.1) is 11.8 Å². The predicted octanol–water partition coefficient (Wildman–Crippen LogP) is 2.94. The summed E-state index contributed by atoms with van der Waals surface area (Å²) in [4.78, 5) is 44.3. The van der Waals surface area contributed by atoms with Crippen molar-refractivity contribution in [2.45, 2.75) is 32.2 Å². The molecule has 0 fully saturated rings. The molecule has 1 aliphatic rings. The molecule has 1 amide bonds. The number of fused-ring (bicyclic) bond motifs is 2. The first-order valence-corrected chi connectivity index (χ1v) is 11.3. The molecule has 0 atom stereocenters. The average molecular weight is 448 g/mol. The Morgan fingerprint density at radius 1 is 1.16 bits per heavy atom. The second-order valence-electron chi connectivity index (χ2n) is 7.84. The van der Waals surface area contributed by atoms with Crippen LogP contribution in [0.5, 0.6) is 0 Å². The van der Waals surface area contributed by atoms with E-state index in [0.29, 0.717) is 27.2 Å². The molecule has 3 aromatic heterocycles. The highest BCUT2D eigenvalue weighted by atomic mass is 32.1. The van der Waals surface area contributed by atoms with Crippen molar-refractivity contribution in [1.82, 2.24) is 19.3 Å². The first-order valence-electron chi connectivity index (χ1n) is 10.4. The summed E-state index contributed by atoms with van der Waals surface area (Å²) >= 11 is 1.46. The predicted molar refractivity (Wildman–Crippen MR) is 122 cm³/mol. The van der Waals surface area contributed by atoms with Crippen LogP contribution in [0, 0.1) is 0 Å². The van der Waals surface area contributed by atoms with Gasteiger partial charge in [-0.05, 0) is 31.2 Å². The first kappa shape index (κ1) is 20.3. The normalized spacial score (nSPS) is 13.2. The number of benzene rings is 1. The molecule has 4 aromatic rings. The van der Waals surface area contributed by atoms with Gasteiger partial charge in [-0.1, -0.05) is 30.3 Å². The number of amides is 1. The molecule has 1 aromatic carbocycles. The molecule has 0 saturated carbocycles. The Labute approximate surface area is 187 Å². The van der Waals surface area contributed by atoms with Crippen LogP contribution >= 0.6 is 11.3 Å². The summed E-state index contributed by atoms with van der Waals surface area (Å²) in [6.07, 6.45) is 6.64. The number of rotatable bonds is 5. The zero-order valence-electron chi connectivity index (χ0n) is 17.5. The fourth-order valence-electron chi connectivity index (χ4n) is 4.13. The number of ketones is 1. The Kier molecular flexibility index (Phi) is 5.18. The average Bonchev–Trinajstić information content (AvgIpc) is 3.36. The number of anilines is 1. The van der Waals surface area contributed by atoms with Crippen LogP contribution in [0.1, 0.15) is 39.2 Å². The van der Waals surface area contributed by atoms with Crippen molar-refractivity contribution in [3.63, 3.8) is 0 Å². The number of nitrogens with zero attached hydrogens (tertiary/aromatic N) is 4. The van der Waals surface area contributed by atoms with Gasteiger partial charge >= 0.3 is 0 Å². The molecular weight excluding hydrogens is 426 g/mol. The minimum absolute atomic E-state index is 0.0871. The number of hydrogen-bond acceptors (Lipinski definition) is 6. The number of carbonyl (C=O) groups is 2. The lowest BCUT2D eigenvalue weighted by Crippen LogP contribution is -2.28. The van der Waals surface area contributed by atoms with Crippen LogP contribution in [0.15, 0.2) is 47.7 Å². The highest BCUT2D eigenvalue weighted by Crippen LogP contribution is 2.39. The Balaban J connectivity index is 1.46. The standard InChI is InChI=1S/C23H21N5O3S/c1-27-21-16(11-25-27)23(31)28(13-24-21)12-18(29)26-22-19(15-9-5-6-10-17(15)32-22)20(30)14-7-3-2-4-8-14/h2-4,7-8,11,13H,5-6,9-10,12H2,1H3,(H,26,29). The smallest absolute Gasteiger partial charge is 0.264 e. The molecule has 32 heavy (non-hydrogen) atoms. The Bertz CT molecular complexity index is 1400. The molecule has 5 rings (SSSR count). The molecule has 0 aliphatic heterocycles. The van der Waals surface area contributed by atoms with E-state index in [1.165, 1.54) is 33.1 Å². The van der Waals surface area contributed by atoms with E-state index in [-0.39, 0.29) is 23.8 Å². The molecule has 0 saturated heterocycles. The lowest BCUT2D eigenvalue weighted by Gasteiger charge is -2.13. The highest BCUT2D eigenvalue weighted by molar-refractivity contribution is 7.17. The molecule has 0 bridgehead atoms. The Morgan fingerprint density at radius 3 is 2.75 bits per heavy atom. The van der Waals surface area contributed by atoms with Gasteiger partial charge in [-0.15, -0.1) is 11.3 Å². The summed E-state index contributed by atoms with van der Waals surface area (Å²) in [6, 6.07) is 9.11. The molecule has 0 spiro atoms. The van der Waals surface area contributed by atoms with Crippen molar-refractivity contribution in [2.24, 2.45) is 7.05 Å². The van der Waals surface area contributed by atoms with E-state index >= 15 is 0 Å². The van der Waals surface area contributed by atoms with Gasteiger partial charge < -0.3 is 5.32 Å². The topological polar surface area (TPSA) is 98.9 Å². The van der Waals surface area contributed by atoms with Crippen LogP contribution in [0.3, 0.4) is 0 Å². The molecule has 8 nitrogen and oxygen atoms in total. The summed E-state index contributed by atoms with van der Waals surface area (Å²) in [7, 11) is 1.70. The van der Waals surface area contributed by atoms with Crippen molar-refractivity contribution >= 4 is 39.1 Å². The fourth-order valence-corrected chi connectivity index (χ4v) is 5.43. The first-order chi connectivity index (χ1) is 15.5. The van der Waals surface area contributed by atoms with Crippen molar-refractivity contribution in [3.05, 3.63) is 74.8 Å². The highest BCUT2D eigenvalue weighted by Gasteiger charge is 2.27. The summed E-state index contributed by atoms with van der Waals surface area (Å²) in [5, 5.41) is 7.85. The maximum Gasteiger partial charge on any atom is 0.264 e. The lowest BCUT2D eigenvalue weighted by molar-refractivity contribution is -0.116. The van der Waals surface area contributed by atoms with Gasteiger partial charge in [0.25, 0.3) is 5.56 Å². The van der Waals surface area contributed by atoms with E-state index in [1.807, 2.05) is 18.2 Å². The van der Waals surface area contributed by atoms with E-state index in [9.17, 15) is 14.4 Å². The van der Waals surface area contributed by atoms with Crippen LogP contribution in [0.4, 0.5) is 5.00 Å². The zero-order valence-corrected chi connectivity index (χ0v) is 18.3. The largest absolute Gasteiger partial charge is 0.316 e. The molecule has 3 heterocycles. The number of aryl methyl sites for hydroxylation is 2. The van der Waals surface area contributed by atoms with Gasteiger partial charge in [-0.3, -0.25) is 23.6 Å². The second kappa shape index (κ2) is 8.16. The number of nitrogens with one attached hydrogen (secondary N) is 1. The third kappa shape index (κ3) is 3.54. The van der Waals surface area contributed by atoms with Gasteiger partial charge in [0.2, 0.25) is 5.91 Å². The van der Waals surface area contributed by atoms with Crippen molar-refractivity contribution in [2.75, 3.05) is 5.32 Å². The summed E-state index contributed by atoms with van der Waals surface area (Å²) in [5.41, 5.74) is 2.35. The SMILES string of the molecule is Cn1ncc2c(=O)n(CC(=O)Nc3sc4c(c3C(=O)c3ccccc3)CCCC4)cnc21. The van der Waals surface area contributed by atoms with E-state index in [0.717, 1.165) is 36.1 Å². The van der Waals surface area contributed by atoms with Gasteiger partial charge in [0, 0.05) is 17.5 Å². The minimum Gasteiger partial charge on any atom is -0.316 e. The van der Waals surface area contributed by atoms with E-state index in [1.54, 1.807) is 19.2 Å². The molecule has 1 aliphatic carbocycles. The van der Waals surface area contributed by atoms with Crippen molar-refractivity contribution in [3.8, 4) is 0 Å². The molecule has 162 valence electrons. The van der Waals surface area contributed by atoms with E-state index in [2.05, 4.69) is 15.4 Å². The van der Waals surface area contributed by atoms with Crippen LogP contribution in [0.25, 0.3) is 11.0 Å². The number of aromatic nitrogens is 4. The molecule has 0 radical (unpaired) electrons. The zero-order chi connectivity index (χ0) is 22.2. The van der Waals surface area contributed by atoms with Crippen LogP contribution < -0.4 is 10.9 Å². The fraction of sp³-hybridized carbons (Fsp3) is 0.261. The quantitative estimate of drug-likeness (QED) is 0.474. The van der Waals surface area contributed by atoms with Crippen LogP contribution in [-0.4, -0.2) is 31.0 Å². The van der Waals surface area contributed by atoms with Gasteiger partial charge in [-0.2, -0.15) is 5.10 Å². The Hall–Kier alpha value is -3.59. The maximum atomic E-state index is 13.3. The molecular formula is C23H21N5O3S. The minimum atomic E-state index is -0.377. The van der Waals surface area contributed by atoms with E-state index < -0.39 is 0 Å². The van der Waals surface area contributed by atoms with E-state index in [4.69, 9.17) is 0 Å². The van der Waals surface area contributed by atoms with Crippen molar-refractivity contribution < 1.29 is 9.59 Å². The number of hydrogen-bond donors (Lipinski definition) is 1. The van der Waals surface area contributed by atoms with Crippen LogP contribution in [0.2, 0.25) is 0 Å². The third-order valence-electron chi connectivity index (χ3n) is 5.72. The maximum absolute atomic E-state index is 13.3. The monoisotopic (exact) mass is 447 g/mol. The summed E-state index contributed by atoms with van der Waals surface area (Å²) in [6.45, 7) is -0.196. The second-order valence-corrected chi connectivity index (χ2v) is 8.95. The number of thiophene rings is 1. The summed E-state index contributed by atoms with van der Waals surface area (Å²) in [5.74, 6) is -0.464. The van der Waals surface area contributed by atoms with Crippen LogP contribution in [-0.2, 0) is 31.2 Å². The lowest BCUT2D eigenvalue weighted by atomic mass is 9.92. The number of carbonyl (C=O) groups excluding carboxylic acids is 2. The van der Waals surface area contributed by atoms with Gasteiger partial charge in [0.15, 0.2) is 11.4 Å². The summed E-state index contributed by atoms with van der Waals surface area (Å²) < 4.78 is 2.77. The van der Waals surface area contributed by atoms with Gasteiger partial charge in [-0.25, -0.2) is 4.98 Å². The molecule has 9 heteroatoms. The molecule has 1 N–H and O–H groups in total. The van der Waals surface area contributed by atoms with Gasteiger partial charge in [0.1, 0.15) is 23.3 Å². The van der Waals surface area contributed by atoms with Crippen molar-refractivity contribution in [1.29, 1.82) is 0 Å².